The first kappa shape index (κ1) is 13.2. The van der Waals surface area contributed by atoms with Crippen molar-refractivity contribution in [1.29, 1.82) is 0 Å². The van der Waals surface area contributed by atoms with Crippen LogP contribution in [-0.4, -0.2) is 31.3 Å². The molecule has 18 heavy (non-hydrogen) atoms. The van der Waals surface area contributed by atoms with E-state index in [0.29, 0.717) is 0 Å². The highest BCUT2D eigenvalue weighted by Gasteiger charge is 2.38. The molecule has 0 unspecified atom stereocenters. The van der Waals surface area contributed by atoms with Crippen molar-refractivity contribution in [1.82, 2.24) is 0 Å². The van der Waals surface area contributed by atoms with Crippen molar-refractivity contribution < 1.29 is 4.74 Å². The molecular weight excluding hydrogens is 224 g/mol. The molecule has 1 aromatic rings. The predicted molar refractivity (Wildman–Crippen MR) is 77.4 cm³/mol. The summed E-state index contributed by atoms with van der Waals surface area (Å²) >= 11 is 0. The molecule has 0 atom stereocenters. The third-order valence-corrected chi connectivity index (χ3v) is 3.22. The Morgan fingerprint density at radius 3 is 1.94 bits per heavy atom. The minimum absolute atomic E-state index is 0.108. The summed E-state index contributed by atoms with van der Waals surface area (Å²) < 4.78 is 6.10. The van der Waals surface area contributed by atoms with Gasteiger partial charge in [0.1, 0.15) is 0 Å². The average Bonchev–Trinajstić information content (AvgIpc) is 2.25. The van der Waals surface area contributed by atoms with Crippen LogP contribution in [0.15, 0.2) is 24.3 Å². The molecule has 2 rings (SSSR count). The van der Waals surface area contributed by atoms with Gasteiger partial charge in [0.25, 0.3) is 0 Å². The van der Waals surface area contributed by atoms with Gasteiger partial charge in [-0.15, -0.1) is 0 Å². The molecule has 1 aromatic carbocycles. The number of morpholine rings is 1. The summed E-state index contributed by atoms with van der Waals surface area (Å²) in [4.78, 5) is 2.41. The van der Waals surface area contributed by atoms with E-state index >= 15 is 0 Å². The van der Waals surface area contributed by atoms with Gasteiger partial charge < -0.3 is 15.0 Å². The van der Waals surface area contributed by atoms with E-state index in [-0.39, 0.29) is 11.2 Å². The van der Waals surface area contributed by atoms with Gasteiger partial charge in [-0.05, 0) is 52.0 Å². The molecule has 1 heterocycles. The number of nitrogens with one attached hydrogen (secondary N) is 1. The Bertz CT molecular complexity index is 393. The smallest absolute Gasteiger partial charge is 0.0808 e. The number of hydrogen-bond acceptors (Lipinski definition) is 3. The van der Waals surface area contributed by atoms with Gasteiger partial charge in [-0.3, -0.25) is 0 Å². The second-order valence-electron chi connectivity index (χ2n) is 6.27. The summed E-state index contributed by atoms with van der Waals surface area (Å²) in [6.07, 6.45) is 0. The Balaban J connectivity index is 2.21. The molecule has 1 saturated heterocycles. The molecule has 1 aliphatic rings. The molecule has 3 heteroatoms. The largest absolute Gasteiger partial charge is 0.388 e. The van der Waals surface area contributed by atoms with Crippen LogP contribution in [0, 0.1) is 0 Å². The Morgan fingerprint density at radius 2 is 1.50 bits per heavy atom. The van der Waals surface area contributed by atoms with Gasteiger partial charge in [0, 0.05) is 31.5 Å². The lowest BCUT2D eigenvalue weighted by atomic mass is 9.98. The van der Waals surface area contributed by atoms with E-state index in [2.05, 4.69) is 62.2 Å². The van der Waals surface area contributed by atoms with Crippen LogP contribution in [0.1, 0.15) is 27.7 Å². The fraction of sp³-hybridized carbons (Fsp3) is 0.600. The molecule has 0 amide bonds. The van der Waals surface area contributed by atoms with E-state index in [9.17, 15) is 0 Å². The zero-order chi connectivity index (χ0) is 13.4. The maximum atomic E-state index is 6.10. The van der Waals surface area contributed by atoms with Crippen molar-refractivity contribution >= 4 is 11.4 Å². The minimum atomic E-state index is -0.108. The maximum absolute atomic E-state index is 6.10. The zero-order valence-corrected chi connectivity index (χ0v) is 12.1. The van der Waals surface area contributed by atoms with E-state index in [4.69, 9.17) is 4.74 Å². The summed E-state index contributed by atoms with van der Waals surface area (Å²) in [7, 11) is 1.94. The van der Waals surface area contributed by atoms with Gasteiger partial charge in [0.2, 0.25) is 0 Å². The zero-order valence-electron chi connectivity index (χ0n) is 12.1. The molecular formula is C15H24N2O. The SMILES string of the molecule is CNc1ccc(N2CC(C)(C)OC(C)(C)C2)cc1. The lowest BCUT2D eigenvalue weighted by Gasteiger charge is -2.48. The third kappa shape index (κ3) is 2.96. The Morgan fingerprint density at radius 1 is 1.00 bits per heavy atom. The van der Waals surface area contributed by atoms with E-state index in [1.54, 1.807) is 0 Å². The lowest BCUT2D eigenvalue weighted by Crippen LogP contribution is -2.57. The summed E-state index contributed by atoms with van der Waals surface area (Å²) in [5.41, 5.74) is 2.19. The third-order valence-electron chi connectivity index (χ3n) is 3.22. The van der Waals surface area contributed by atoms with Crippen LogP contribution in [0.25, 0.3) is 0 Å². The Kier molecular flexibility index (Phi) is 3.28. The minimum Gasteiger partial charge on any atom is -0.388 e. The summed E-state index contributed by atoms with van der Waals surface area (Å²) in [6, 6.07) is 8.57. The average molecular weight is 248 g/mol. The number of benzene rings is 1. The highest BCUT2D eigenvalue weighted by atomic mass is 16.5. The molecule has 0 aromatic heterocycles. The van der Waals surface area contributed by atoms with Gasteiger partial charge in [-0.25, -0.2) is 0 Å². The highest BCUT2D eigenvalue weighted by Crippen LogP contribution is 2.31. The van der Waals surface area contributed by atoms with Crippen LogP contribution in [0.4, 0.5) is 11.4 Å². The van der Waals surface area contributed by atoms with Gasteiger partial charge in [-0.1, -0.05) is 0 Å². The van der Waals surface area contributed by atoms with Crippen molar-refractivity contribution in [3.8, 4) is 0 Å². The monoisotopic (exact) mass is 248 g/mol. The number of nitrogens with zero attached hydrogens (tertiary/aromatic N) is 1. The van der Waals surface area contributed by atoms with Crippen molar-refractivity contribution in [3.05, 3.63) is 24.3 Å². The van der Waals surface area contributed by atoms with Gasteiger partial charge in [0.15, 0.2) is 0 Å². The van der Waals surface area contributed by atoms with Crippen LogP contribution in [0.5, 0.6) is 0 Å². The van der Waals surface area contributed by atoms with Gasteiger partial charge in [0.05, 0.1) is 11.2 Å². The van der Waals surface area contributed by atoms with Crippen LogP contribution in [-0.2, 0) is 4.74 Å². The van der Waals surface area contributed by atoms with Gasteiger partial charge in [-0.2, -0.15) is 0 Å². The number of hydrogen-bond donors (Lipinski definition) is 1. The topological polar surface area (TPSA) is 24.5 Å². The van der Waals surface area contributed by atoms with E-state index in [0.717, 1.165) is 18.8 Å². The second-order valence-corrected chi connectivity index (χ2v) is 6.27. The van der Waals surface area contributed by atoms with E-state index in [1.807, 2.05) is 7.05 Å². The first-order valence-electron chi connectivity index (χ1n) is 6.54. The Labute approximate surface area is 110 Å². The standard InChI is InChI=1S/C15H24N2O/c1-14(2)10-17(11-15(3,4)18-14)13-8-6-12(16-5)7-9-13/h6-9,16H,10-11H2,1-5H3. The van der Waals surface area contributed by atoms with Crippen LogP contribution in [0.2, 0.25) is 0 Å². The lowest BCUT2D eigenvalue weighted by molar-refractivity contribution is -0.133. The molecule has 0 radical (unpaired) electrons. The van der Waals surface area contributed by atoms with E-state index < -0.39 is 0 Å². The summed E-state index contributed by atoms with van der Waals surface area (Å²) in [6.45, 7) is 10.5. The maximum Gasteiger partial charge on any atom is 0.0808 e. The molecule has 0 aliphatic carbocycles. The molecule has 0 spiro atoms. The van der Waals surface area contributed by atoms with E-state index in [1.165, 1.54) is 5.69 Å². The molecule has 0 bridgehead atoms. The van der Waals surface area contributed by atoms with Crippen LogP contribution < -0.4 is 10.2 Å². The normalized spacial score (nSPS) is 21.7. The molecule has 1 aliphatic heterocycles. The molecule has 1 fully saturated rings. The van der Waals surface area contributed by atoms with Crippen molar-refractivity contribution in [2.24, 2.45) is 0 Å². The first-order chi connectivity index (χ1) is 8.31. The van der Waals surface area contributed by atoms with Crippen molar-refractivity contribution in [2.45, 2.75) is 38.9 Å². The second kappa shape index (κ2) is 4.47. The molecule has 100 valence electrons. The van der Waals surface area contributed by atoms with Crippen molar-refractivity contribution in [2.75, 3.05) is 30.4 Å². The van der Waals surface area contributed by atoms with Crippen molar-refractivity contribution in [3.63, 3.8) is 0 Å². The quantitative estimate of drug-likeness (QED) is 0.870. The van der Waals surface area contributed by atoms with Crippen LogP contribution in [0.3, 0.4) is 0 Å². The summed E-state index contributed by atoms with van der Waals surface area (Å²) in [5.74, 6) is 0. The first-order valence-corrected chi connectivity index (χ1v) is 6.54. The number of ether oxygens (including phenoxy) is 1. The predicted octanol–water partition coefficient (Wildman–Crippen LogP) is 3.12. The Hall–Kier alpha value is -1.22. The highest BCUT2D eigenvalue weighted by molar-refractivity contribution is 5.55. The van der Waals surface area contributed by atoms with Gasteiger partial charge >= 0.3 is 0 Å². The fourth-order valence-corrected chi connectivity index (χ4v) is 2.81. The molecule has 0 saturated carbocycles. The van der Waals surface area contributed by atoms with Crippen LogP contribution >= 0.6 is 0 Å². The fourth-order valence-electron chi connectivity index (χ4n) is 2.81. The number of rotatable bonds is 2. The molecule has 1 N–H and O–H groups in total. The number of anilines is 2. The summed E-state index contributed by atoms with van der Waals surface area (Å²) in [5, 5.41) is 3.15. The molecule has 3 nitrogen and oxygen atoms in total.